The summed E-state index contributed by atoms with van der Waals surface area (Å²) < 4.78 is 0. The zero-order chi connectivity index (χ0) is 12.7. The molecule has 3 heteroatoms. The molecule has 0 saturated heterocycles. The summed E-state index contributed by atoms with van der Waals surface area (Å²) >= 11 is 0. The third-order valence-corrected chi connectivity index (χ3v) is 2.56. The van der Waals surface area contributed by atoms with Crippen molar-refractivity contribution in [3.05, 3.63) is 30.3 Å². The summed E-state index contributed by atoms with van der Waals surface area (Å²) in [5.41, 5.74) is 0.772. The van der Waals surface area contributed by atoms with Gasteiger partial charge in [-0.1, -0.05) is 32.0 Å². The van der Waals surface area contributed by atoms with Crippen molar-refractivity contribution in [3.63, 3.8) is 0 Å². The number of carbonyl (C=O) groups excluding carboxylic acids is 1. The van der Waals surface area contributed by atoms with E-state index in [-0.39, 0.29) is 12.3 Å². The summed E-state index contributed by atoms with van der Waals surface area (Å²) in [6, 6.07) is 9.29. The quantitative estimate of drug-likeness (QED) is 0.796. The van der Waals surface area contributed by atoms with E-state index in [1.165, 1.54) is 0 Å². The molecule has 0 bridgehead atoms. The Bertz CT molecular complexity index is 335. The third-order valence-electron chi connectivity index (χ3n) is 2.56. The standard InChI is InChI=1S/C14H21NO2/c1-11(2)8-9-13(16)10-14(17)15-12-6-4-3-5-7-12/h3-7,11,13,16H,8-10H2,1-2H3,(H,15,17)/t13-/m0/s1. The Morgan fingerprint density at radius 3 is 2.47 bits per heavy atom. The van der Waals surface area contributed by atoms with Gasteiger partial charge in [-0.15, -0.1) is 0 Å². The van der Waals surface area contributed by atoms with Crippen LogP contribution >= 0.6 is 0 Å². The number of aliphatic hydroxyl groups is 1. The largest absolute Gasteiger partial charge is 0.393 e. The molecule has 1 atom stereocenters. The van der Waals surface area contributed by atoms with E-state index in [1.807, 2.05) is 30.3 Å². The average molecular weight is 235 g/mol. The lowest BCUT2D eigenvalue weighted by atomic mass is 10.0. The third kappa shape index (κ3) is 6.07. The van der Waals surface area contributed by atoms with Crippen molar-refractivity contribution >= 4 is 11.6 Å². The minimum absolute atomic E-state index is 0.132. The first-order chi connectivity index (χ1) is 8.08. The maximum atomic E-state index is 11.6. The van der Waals surface area contributed by atoms with Gasteiger partial charge in [0.1, 0.15) is 0 Å². The fraction of sp³-hybridized carbons (Fsp3) is 0.500. The number of hydrogen-bond donors (Lipinski definition) is 2. The van der Waals surface area contributed by atoms with Gasteiger partial charge in [-0.05, 0) is 30.9 Å². The number of nitrogens with one attached hydrogen (secondary N) is 1. The molecule has 0 aliphatic rings. The Hall–Kier alpha value is -1.35. The van der Waals surface area contributed by atoms with Gasteiger partial charge in [0.15, 0.2) is 0 Å². The number of aliphatic hydroxyl groups excluding tert-OH is 1. The smallest absolute Gasteiger partial charge is 0.226 e. The van der Waals surface area contributed by atoms with Gasteiger partial charge in [-0.3, -0.25) is 4.79 Å². The van der Waals surface area contributed by atoms with Crippen LogP contribution in [0.25, 0.3) is 0 Å². The Labute approximate surface area is 103 Å². The molecule has 17 heavy (non-hydrogen) atoms. The van der Waals surface area contributed by atoms with Crippen molar-refractivity contribution in [2.45, 2.75) is 39.2 Å². The van der Waals surface area contributed by atoms with Crippen molar-refractivity contribution < 1.29 is 9.90 Å². The summed E-state index contributed by atoms with van der Waals surface area (Å²) in [6.45, 7) is 4.22. The van der Waals surface area contributed by atoms with Gasteiger partial charge in [-0.25, -0.2) is 0 Å². The van der Waals surface area contributed by atoms with Crippen molar-refractivity contribution in [2.24, 2.45) is 5.92 Å². The van der Waals surface area contributed by atoms with Crippen LogP contribution in [0.5, 0.6) is 0 Å². The van der Waals surface area contributed by atoms with Crippen molar-refractivity contribution in [1.29, 1.82) is 0 Å². The normalized spacial score (nSPS) is 12.5. The van der Waals surface area contributed by atoms with Gasteiger partial charge in [-0.2, -0.15) is 0 Å². The Kier molecular flexibility index (Phi) is 5.70. The van der Waals surface area contributed by atoms with Gasteiger partial charge in [0.05, 0.1) is 12.5 Å². The highest BCUT2D eigenvalue weighted by Crippen LogP contribution is 2.11. The number of benzene rings is 1. The lowest BCUT2D eigenvalue weighted by molar-refractivity contribution is -0.118. The number of hydrogen-bond acceptors (Lipinski definition) is 2. The lowest BCUT2D eigenvalue weighted by Gasteiger charge is -2.12. The predicted octanol–water partition coefficient (Wildman–Crippen LogP) is 2.81. The molecule has 0 unspecified atom stereocenters. The molecule has 2 N–H and O–H groups in total. The van der Waals surface area contributed by atoms with Gasteiger partial charge < -0.3 is 10.4 Å². The van der Waals surface area contributed by atoms with Crippen LogP contribution in [0.3, 0.4) is 0 Å². The van der Waals surface area contributed by atoms with Crippen molar-refractivity contribution in [1.82, 2.24) is 0 Å². The van der Waals surface area contributed by atoms with E-state index in [9.17, 15) is 9.90 Å². The molecule has 0 fully saturated rings. The van der Waals surface area contributed by atoms with Crippen LogP contribution in [0, 0.1) is 5.92 Å². The number of para-hydroxylation sites is 1. The summed E-state index contributed by atoms with van der Waals surface area (Å²) in [4.78, 5) is 11.6. The van der Waals surface area contributed by atoms with Crippen LogP contribution < -0.4 is 5.32 Å². The van der Waals surface area contributed by atoms with E-state index in [0.29, 0.717) is 12.3 Å². The van der Waals surface area contributed by atoms with E-state index in [1.54, 1.807) is 0 Å². The molecule has 0 aliphatic heterocycles. The molecule has 0 spiro atoms. The molecule has 1 aromatic carbocycles. The maximum Gasteiger partial charge on any atom is 0.226 e. The highest BCUT2D eigenvalue weighted by Gasteiger charge is 2.11. The molecule has 0 aromatic heterocycles. The molecular formula is C14H21NO2. The van der Waals surface area contributed by atoms with Gasteiger partial charge >= 0.3 is 0 Å². The zero-order valence-electron chi connectivity index (χ0n) is 10.5. The number of anilines is 1. The summed E-state index contributed by atoms with van der Waals surface area (Å²) in [5, 5.41) is 12.4. The molecule has 0 aliphatic carbocycles. The van der Waals surface area contributed by atoms with Crippen LogP contribution in [0.15, 0.2) is 30.3 Å². The highest BCUT2D eigenvalue weighted by molar-refractivity contribution is 5.90. The van der Waals surface area contributed by atoms with Gasteiger partial charge in [0, 0.05) is 5.69 Å². The molecule has 94 valence electrons. The fourth-order valence-electron chi connectivity index (χ4n) is 1.58. The first-order valence-electron chi connectivity index (χ1n) is 6.11. The van der Waals surface area contributed by atoms with Crippen LogP contribution in [0.4, 0.5) is 5.69 Å². The first kappa shape index (κ1) is 13.7. The van der Waals surface area contributed by atoms with Crippen molar-refractivity contribution in [3.8, 4) is 0 Å². The average Bonchev–Trinajstić information content (AvgIpc) is 2.27. The number of carbonyl (C=O) groups is 1. The lowest BCUT2D eigenvalue weighted by Crippen LogP contribution is -2.20. The summed E-state index contributed by atoms with van der Waals surface area (Å²) in [6.07, 6.45) is 1.25. The van der Waals surface area contributed by atoms with Crippen LogP contribution in [0.1, 0.15) is 33.1 Å². The van der Waals surface area contributed by atoms with Crippen LogP contribution in [-0.2, 0) is 4.79 Å². The predicted molar refractivity (Wildman–Crippen MR) is 69.8 cm³/mol. The van der Waals surface area contributed by atoms with E-state index in [2.05, 4.69) is 19.2 Å². The first-order valence-corrected chi connectivity index (χ1v) is 6.11. The molecule has 1 rings (SSSR count). The second kappa shape index (κ2) is 7.07. The van der Waals surface area contributed by atoms with Crippen LogP contribution in [0.2, 0.25) is 0 Å². The van der Waals surface area contributed by atoms with E-state index >= 15 is 0 Å². The van der Waals surface area contributed by atoms with Crippen molar-refractivity contribution in [2.75, 3.05) is 5.32 Å². The monoisotopic (exact) mass is 235 g/mol. The molecule has 1 aromatic rings. The summed E-state index contributed by atoms with van der Waals surface area (Å²) in [5.74, 6) is 0.425. The molecule has 0 radical (unpaired) electrons. The second-order valence-electron chi connectivity index (χ2n) is 4.74. The summed E-state index contributed by atoms with van der Waals surface area (Å²) in [7, 11) is 0. The number of rotatable bonds is 6. The van der Waals surface area contributed by atoms with Crippen LogP contribution in [-0.4, -0.2) is 17.1 Å². The second-order valence-corrected chi connectivity index (χ2v) is 4.74. The minimum Gasteiger partial charge on any atom is -0.393 e. The van der Waals surface area contributed by atoms with Gasteiger partial charge in [0.2, 0.25) is 5.91 Å². The topological polar surface area (TPSA) is 49.3 Å². The molecule has 0 saturated carbocycles. The molecule has 1 amide bonds. The zero-order valence-corrected chi connectivity index (χ0v) is 10.5. The SMILES string of the molecule is CC(C)CC[C@H](O)CC(=O)Nc1ccccc1. The molecule has 0 heterocycles. The van der Waals surface area contributed by atoms with E-state index < -0.39 is 6.10 Å². The fourth-order valence-corrected chi connectivity index (χ4v) is 1.58. The number of amides is 1. The maximum absolute atomic E-state index is 11.6. The highest BCUT2D eigenvalue weighted by atomic mass is 16.3. The molecule has 3 nitrogen and oxygen atoms in total. The minimum atomic E-state index is -0.541. The molecular weight excluding hydrogens is 214 g/mol. The van der Waals surface area contributed by atoms with Gasteiger partial charge in [0.25, 0.3) is 0 Å². The Balaban J connectivity index is 2.29. The Morgan fingerprint density at radius 1 is 1.24 bits per heavy atom. The van der Waals surface area contributed by atoms with E-state index in [0.717, 1.165) is 12.1 Å². The van der Waals surface area contributed by atoms with E-state index in [4.69, 9.17) is 0 Å². The Morgan fingerprint density at radius 2 is 1.88 bits per heavy atom.